The molecule has 0 unspecified atom stereocenters. The zero-order chi connectivity index (χ0) is 26.2. The molecule has 0 saturated carbocycles. The first kappa shape index (κ1) is 27.1. The number of aliphatic hydroxyl groups excluding tert-OH is 1. The van der Waals surface area contributed by atoms with E-state index in [2.05, 4.69) is 23.6 Å². The lowest BCUT2D eigenvalue weighted by molar-refractivity contribution is 0.00243. The van der Waals surface area contributed by atoms with Gasteiger partial charge >= 0.3 is 0 Å². The normalized spacial score (nSPS) is 16.1. The molecule has 4 rings (SSSR count). The summed E-state index contributed by atoms with van der Waals surface area (Å²) >= 11 is 0. The minimum Gasteiger partial charge on any atom is -0.497 e. The summed E-state index contributed by atoms with van der Waals surface area (Å²) in [5.41, 5.74) is 2.83. The highest BCUT2D eigenvalue weighted by Crippen LogP contribution is 2.33. The lowest BCUT2D eigenvalue weighted by Crippen LogP contribution is -2.46. The molecular formula is C29H40N4O4. The SMILES string of the molecule is CC[C@H](C)N(Cc1c(C)nn(-c2ccccc2)c1Oc1cccc(OC)c1)C[C@@H](O)CN1CCOCC1. The quantitative estimate of drug-likeness (QED) is 0.392. The number of hydrogen-bond acceptors (Lipinski definition) is 7. The molecule has 0 radical (unpaired) electrons. The van der Waals surface area contributed by atoms with Crippen molar-refractivity contribution in [3.05, 3.63) is 65.9 Å². The average Bonchev–Trinajstić information content (AvgIpc) is 3.23. The Hall–Kier alpha value is -2.91. The number of para-hydroxylation sites is 1. The van der Waals surface area contributed by atoms with E-state index in [1.54, 1.807) is 7.11 Å². The second-order valence-corrected chi connectivity index (χ2v) is 9.65. The van der Waals surface area contributed by atoms with Crippen molar-refractivity contribution in [3.8, 4) is 23.1 Å². The Morgan fingerprint density at radius 3 is 2.51 bits per heavy atom. The predicted octanol–water partition coefficient (Wildman–Crippen LogP) is 4.28. The fourth-order valence-electron chi connectivity index (χ4n) is 4.62. The van der Waals surface area contributed by atoms with E-state index < -0.39 is 6.10 Å². The lowest BCUT2D eigenvalue weighted by Gasteiger charge is -2.33. The summed E-state index contributed by atoms with van der Waals surface area (Å²) in [6, 6.07) is 17.9. The van der Waals surface area contributed by atoms with Gasteiger partial charge in [0.1, 0.15) is 11.5 Å². The van der Waals surface area contributed by atoms with Crippen LogP contribution in [0.5, 0.6) is 17.4 Å². The zero-order valence-electron chi connectivity index (χ0n) is 22.5. The van der Waals surface area contributed by atoms with Gasteiger partial charge in [-0.05, 0) is 44.5 Å². The Balaban J connectivity index is 1.63. The van der Waals surface area contributed by atoms with E-state index in [0.717, 1.165) is 55.4 Å². The van der Waals surface area contributed by atoms with Crippen LogP contribution in [0.2, 0.25) is 0 Å². The van der Waals surface area contributed by atoms with Crippen LogP contribution in [0.4, 0.5) is 0 Å². The molecule has 37 heavy (non-hydrogen) atoms. The molecule has 1 aliphatic rings. The van der Waals surface area contributed by atoms with Gasteiger partial charge < -0.3 is 19.3 Å². The Morgan fingerprint density at radius 1 is 1.08 bits per heavy atom. The summed E-state index contributed by atoms with van der Waals surface area (Å²) in [5, 5.41) is 15.9. The molecule has 2 aromatic carbocycles. The molecular weight excluding hydrogens is 468 g/mol. The largest absolute Gasteiger partial charge is 0.497 e. The molecule has 1 aromatic heterocycles. The number of rotatable bonds is 12. The van der Waals surface area contributed by atoms with Gasteiger partial charge in [0, 0.05) is 44.8 Å². The molecule has 0 aliphatic carbocycles. The smallest absolute Gasteiger partial charge is 0.227 e. The zero-order valence-corrected chi connectivity index (χ0v) is 22.5. The van der Waals surface area contributed by atoms with Crippen molar-refractivity contribution < 1.29 is 19.3 Å². The number of morpholine rings is 1. The number of benzene rings is 2. The maximum Gasteiger partial charge on any atom is 0.227 e. The third kappa shape index (κ3) is 7.11. The van der Waals surface area contributed by atoms with E-state index in [1.807, 2.05) is 66.2 Å². The molecule has 8 heteroatoms. The first-order valence-corrected chi connectivity index (χ1v) is 13.2. The highest BCUT2D eigenvalue weighted by atomic mass is 16.5. The van der Waals surface area contributed by atoms with Crippen molar-refractivity contribution in [2.24, 2.45) is 0 Å². The van der Waals surface area contributed by atoms with Crippen LogP contribution in [0.25, 0.3) is 5.69 Å². The van der Waals surface area contributed by atoms with E-state index in [1.165, 1.54) is 0 Å². The van der Waals surface area contributed by atoms with Gasteiger partial charge in [0.25, 0.3) is 0 Å². The van der Waals surface area contributed by atoms with Crippen LogP contribution in [-0.2, 0) is 11.3 Å². The monoisotopic (exact) mass is 508 g/mol. The first-order valence-electron chi connectivity index (χ1n) is 13.2. The van der Waals surface area contributed by atoms with Gasteiger partial charge in [-0.15, -0.1) is 0 Å². The molecule has 1 fully saturated rings. The second kappa shape index (κ2) is 13.1. The third-order valence-corrected chi connectivity index (χ3v) is 6.99. The van der Waals surface area contributed by atoms with Crippen LogP contribution in [0, 0.1) is 6.92 Å². The summed E-state index contributed by atoms with van der Waals surface area (Å²) < 4.78 is 19.2. The van der Waals surface area contributed by atoms with E-state index in [9.17, 15) is 5.11 Å². The summed E-state index contributed by atoms with van der Waals surface area (Å²) in [6.07, 6.45) is 0.515. The van der Waals surface area contributed by atoms with Crippen molar-refractivity contribution in [2.75, 3.05) is 46.5 Å². The number of nitrogens with zero attached hydrogens (tertiary/aromatic N) is 4. The number of aliphatic hydroxyl groups is 1. The maximum absolute atomic E-state index is 11.0. The molecule has 0 spiro atoms. The molecule has 200 valence electrons. The maximum atomic E-state index is 11.0. The van der Waals surface area contributed by atoms with E-state index >= 15 is 0 Å². The Kier molecular flexibility index (Phi) is 9.57. The second-order valence-electron chi connectivity index (χ2n) is 9.65. The van der Waals surface area contributed by atoms with E-state index in [0.29, 0.717) is 31.3 Å². The van der Waals surface area contributed by atoms with Crippen LogP contribution in [-0.4, -0.2) is 83.3 Å². The number of β-amino-alcohol motifs (C(OH)–C–C–N with tert-alkyl or cyclic N) is 1. The van der Waals surface area contributed by atoms with Crippen molar-refractivity contribution in [3.63, 3.8) is 0 Å². The van der Waals surface area contributed by atoms with Crippen molar-refractivity contribution in [1.82, 2.24) is 19.6 Å². The van der Waals surface area contributed by atoms with Crippen LogP contribution in [0.3, 0.4) is 0 Å². The first-order chi connectivity index (χ1) is 18.0. The molecule has 3 aromatic rings. The minimum atomic E-state index is -0.459. The van der Waals surface area contributed by atoms with Gasteiger partial charge in [0.2, 0.25) is 5.88 Å². The average molecular weight is 509 g/mol. The summed E-state index contributed by atoms with van der Waals surface area (Å²) in [6.45, 7) is 11.4. The fourth-order valence-corrected chi connectivity index (χ4v) is 4.62. The molecule has 1 N–H and O–H groups in total. The van der Waals surface area contributed by atoms with Gasteiger partial charge in [-0.2, -0.15) is 5.10 Å². The Labute approximate surface area is 220 Å². The Bertz CT molecular complexity index is 1110. The number of methoxy groups -OCH3 is 1. The number of aryl methyl sites for hydroxylation is 1. The van der Waals surface area contributed by atoms with Crippen molar-refractivity contribution in [1.29, 1.82) is 0 Å². The summed E-state index contributed by atoms with van der Waals surface area (Å²) in [7, 11) is 1.65. The molecule has 8 nitrogen and oxygen atoms in total. The highest BCUT2D eigenvalue weighted by molar-refractivity contribution is 5.44. The lowest BCUT2D eigenvalue weighted by atomic mass is 10.1. The fraction of sp³-hybridized carbons (Fsp3) is 0.483. The van der Waals surface area contributed by atoms with Crippen LogP contribution in [0.1, 0.15) is 31.5 Å². The van der Waals surface area contributed by atoms with Gasteiger partial charge in [0.15, 0.2) is 0 Å². The summed E-state index contributed by atoms with van der Waals surface area (Å²) in [4.78, 5) is 4.61. The van der Waals surface area contributed by atoms with Crippen molar-refractivity contribution >= 4 is 0 Å². The topological polar surface area (TPSA) is 72.2 Å². The number of hydrogen-bond donors (Lipinski definition) is 1. The number of aromatic nitrogens is 2. The number of ether oxygens (including phenoxy) is 3. The van der Waals surface area contributed by atoms with Gasteiger partial charge in [-0.1, -0.05) is 31.2 Å². The van der Waals surface area contributed by atoms with Gasteiger partial charge in [-0.3, -0.25) is 9.80 Å². The third-order valence-electron chi connectivity index (χ3n) is 6.99. The van der Waals surface area contributed by atoms with E-state index in [4.69, 9.17) is 19.3 Å². The molecule has 2 atom stereocenters. The predicted molar refractivity (Wildman–Crippen MR) is 145 cm³/mol. The molecule has 2 heterocycles. The van der Waals surface area contributed by atoms with Crippen LogP contribution in [0.15, 0.2) is 54.6 Å². The standard InChI is InChI=1S/C29H40N4O4/c1-5-22(2)32(20-25(34)19-31-14-16-36-17-15-31)21-28-23(3)30-33(24-10-7-6-8-11-24)29(28)37-27-13-9-12-26(18-27)35-4/h6-13,18,22,25,34H,5,14-17,19-21H2,1-4H3/t22-,25-/m0/s1. The van der Waals surface area contributed by atoms with Crippen LogP contribution < -0.4 is 9.47 Å². The highest BCUT2D eigenvalue weighted by Gasteiger charge is 2.25. The van der Waals surface area contributed by atoms with Crippen LogP contribution >= 0.6 is 0 Å². The van der Waals surface area contributed by atoms with Gasteiger partial charge in [-0.25, -0.2) is 4.68 Å². The van der Waals surface area contributed by atoms with Gasteiger partial charge in [0.05, 0.1) is 43.4 Å². The molecule has 0 amide bonds. The molecule has 1 aliphatic heterocycles. The molecule has 0 bridgehead atoms. The Morgan fingerprint density at radius 2 is 1.81 bits per heavy atom. The molecule has 1 saturated heterocycles. The summed E-state index contributed by atoms with van der Waals surface area (Å²) in [5.74, 6) is 2.09. The van der Waals surface area contributed by atoms with Crippen molar-refractivity contribution in [2.45, 2.75) is 45.9 Å². The van der Waals surface area contributed by atoms with E-state index in [-0.39, 0.29) is 6.04 Å². The minimum absolute atomic E-state index is 0.281.